The monoisotopic (exact) mass is 537 g/mol. The first-order valence-electron chi connectivity index (χ1n) is 14.7. The van der Waals surface area contributed by atoms with E-state index in [9.17, 15) is 0 Å². The highest BCUT2D eigenvalue weighted by Crippen LogP contribution is 2.52. The summed E-state index contributed by atoms with van der Waals surface area (Å²) >= 11 is 0. The summed E-state index contributed by atoms with van der Waals surface area (Å²) in [5, 5.41) is 5.16. The molecule has 200 valence electrons. The van der Waals surface area contributed by atoms with E-state index in [0.29, 0.717) is 0 Å². The molecule has 0 aliphatic heterocycles. The van der Waals surface area contributed by atoms with Crippen LogP contribution in [0.1, 0.15) is 25.0 Å². The minimum atomic E-state index is -0.0903. The zero-order chi connectivity index (χ0) is 28.3. The zero-order valence-corrected chi connectivity index (χ0v) is 23.9. The molecule has 0 saturated carbocycles. The third kappa shape index (κ3) is 3.85. The number of hydrogen-bond acceptors (Lipinski definition) is 1. The van der Waals surface area contributed by atoms with Crippen LogP contribution in [0, 0.1) is 0 Å². The van der Waals surface area contributed by atoms with Crippen molar-refractivity contribution in [3.05, 3.63) is 163 Å². The molecule has 1 nitrogen and oxygen atoms in total. The van der Waals surface area contributed by atoms with Gasteiger partial charge >= 0.3 is 0 Å². The Morgan fingerprint density at radius 3 is 1.86 bits per heavy atom. The van der Waals surface area contributed by atoms with Gasteiger partial charge in [-0.3, -0.25) is 0 Å². The van der Waals surface area contributed by atoms with Crippen LogP contribution in [0.15, 0.2) is 152 Å². The quantitative estimate of drug-likeness (QED) is 0.216. The predicted octanol–water partition coefficient (Wildman–Crippen LogP) is 11.4. The first kappa shape index (κ1) is 24.6. The molecule has 0 amide bonds. The molecule has 0 unspecified atom stereocenters. The van der Waals surface area contributed by atoms with E-state index in [1.54, 1.807) is 0 Å². The Labute approximate surface area is 247 Å². The Balaban J connectivity index is 1.24. The molecule has 8 rings (SSSR count). The Kier molecular flexibility index (Phi) is 5.55. The first-order chi connectivity index (χ1) is 20.6. The van der Waals surface area contributed by atoms with E-state index in [0.717, 1.165) is 11.4 Å². The molecular formula is C41H31N. The van der Waals surface area contributed by atoms with Crippen LogP contribution >= 0.6 is 0 Å². The highest BCUT2D eigenvalue weighted by atomic mass is 15.1. The van der Waals surface area contributed by atoms with E-state index >= 15 is 0 Å². The van der Waals surface area contributed by atoms with Gasteiger partial charge in [0.15, 0.2) is 0 Å². The fourth-order valence-electron chi connectivity index (χ4n) is 6.83. The highest BCUT2D eigenvalue weighted by Gasteiger charge is 2.37. The van der Waals surface area contributed by atoms with Gasteiger partial charge in [0, 0.05) is 22.5 Å². The molecule has 0 atom stereocenters. The van der Waals surface area contributed by atoms with Crippen LogP contribution < -0.4 is 4.90 Å². The van der Waals surface area contributed by atoms with Crippen molar-refractivity contribution in [1.82, 2.24) is 0 Å². The SMILES string of the molecule is CC1(C)c2cc(N(c3ccccc3)c3ccc(-c4ccc5ccccc5c4)cc3)ccc2-c2c1ccc1ccccc21. The number of rotatable bonds is 4. The maximum atomic E-state index is 2.41. The van der Waals surface area contributed by atoms with Crippen molar-refractivity contribution >= 4 is 38.6 Å². The molecule has 0 heterocycles. The molecule has 7 aromatic rings. The minimum absolute atomic E-state index is 0.0903. The van der Waals surface area contributed by atoms with E-state index < -0.39 is 0 Å². The molecular weight excluding hydrogens is 506 g/mol. The third-order valence-electron chi connectivity index (χ3n) is 9.03. The van der Waals surface area contributed by atoms with Gasteiger partial charge in [0.05, 0.1) is 0 Å². The van der Waals surface area contributed by atoms with Crippen molar-refractivity contribution in [2.75, 3.05) is 4.90 Å². The summed E-state index contributed by atoms with van der Waals surface area (Å²) in [6.07, 6.45) is 0. The van der Waals surface area contributed by atoms with E-state index in [1.165, 1.54) is 60.6 Å². The van der Waals surface area contributed by atoms with Crippen LogP contribution in [0.5, 0.6) is 0 Å². The first-order valence-corrected chi connectivity index (χ1v) is 14.7. The van der Waals surface area contributed by atoms with Gasteiger partial charge in [-0.05, 0) is 97.4 Å². The van der Waals surface area contributed by atoms with E-state index in [4.69, 9.17) is 0 Å². The number of hydrogen-bond donors (Lipinski definition) is 0. The van der Waals surface area contributed by atoms with Gasteiger partial charge in [0.1, 0.15) is 0 Å². The highest BCUT2D eigenvalue weighted by molar-refractivity contribution is 6.03. The van der Waals surface area contributed by atoms with E-state index in [1.807, 2.05) is 0 Å². The number of benzene rings is 7. The van der Waals surface area contributed by atoms with Crippen molar-refractivity contribution in [2.24, 2.45) is 0 Å². The molecule has 0 fully saturated rings. The summed E-state index contributed by atoms with van der Waals surface area (Å²) in [5.74, 6) is 0. The Hall–Kier alpha value is -5.14. The summed E-state index contributed by atoms with van der Waals surface area (Å²) in [7, 11) is 0. The molecule has 0 N–H and O–H groups in total. The molecule has 0 bridgehead atoms. The Morgan fingerprint density at radius 1 is 0.429 bits per heavy atom. The van der Waals surface area contributed by atoms with Crippen molar-refractivity contribution < 1.29 is 0 Å². The summed E-state index contributed by atoms with van der Waals surface area (Å²) in [4.78, 5) is 2.38. The second kappa shape index (κ2) is 9.46. The minimum Gasteiger partial charge on any atom is -0.310 e. The lowest BCUT2D eigenvalue weighted by atomic mass is 9.82. The summed E-state index contributed by atoms with van der Waals surface area (Å²) in [6.45, 7) is 4.73. The van der Waals surface area contributed by atoms with Crippen molar-refractivity contribution in [3.8, 4) is 22.3 Å². The summed E-state index contributed by atoms with van der Waals surface area (Å²) < 4.78 is 0. The fourth-order valence-corrected chi connectivity index (χ4v) is 6.83. The molecule has 0 radical (unpaired) electrons. The van der Waals surface area contributed by atoms with Gasteiger partial charge in [-0.25, -0.2) is 0 Å². The maximum absolute atomic E-state index is 2.41. The lowest BCUT2D eigenvalue weighted by Crippen LogP contribution is -2.16. The van der Waals surface area contributed by atoms with Crippen LogP contribution in [0.2, 0.25) is 0 Å². The average Bonchev–Trinajstić information content (AvgIpc) is 3.28. The van der Waals surface area contributed by atoms with Crippen LogP contribution in [-0.2, 0) is 5.41 Å². The number of anilines is 3. The summed E-state index contributed by atoms with van der Waals surface area (Å²) in [6, 6.07) is 55.3. The molecule has 0 saturated heterocycles. The topological polar surface area (TPSA) is 3.24 Å². The second-order valence-electron chi connectivity index (χ2n) is 11.8. The third-order valence-corrected chi connectivity index (χ3v) is 9.03. The Morgan fingerprint density at radius 2 is 1.05 bits per heavy atom. The van der Waals surface area contributed by atoms with Gasteiger partial charge in [-0.2, -0.15) is 0 Å². The number of nitrogens with zero attached hydrogens (tertiary/aromatic N) is 1. The fraction of sp³-hybridized carbons (Fsp3) is 0.0732. The van der Waals surface area contributed by atoms with E-state index in [-0.39, 0.29) is 5.41 Å². The lowest BCUT2D eigenvalue weighted by molar-refractivity contribution is 0.661. The lowest BCUT2D eigenvalue weighted by Gasteiger charge is -2.28. The summed E-state index contributed by atoms with van der Waals surface area (Å²) in [5.41, 5.74) is 11.3. The predicted molar refractivity (Wildman–Crippen MR) is 179 cm³/mol. The van der Waals surface area contributed by atoms with Crippen LogP contribution in [-0.4, -0.2) is 0 Å². The standard InChI is InChI=1S/C41H31N/c1-41(2)38-25-20-30-11-8-9-15-36(30)40(38)37-24-23-35(27-39(37)41)42(33-13-4-3-5-14-33)34-21-18-29(19-22-34)32-17-16-28-10-6-7-12-31(28)26-32/h3-27H,1-2H3. The molecule has 1 heteroatoms. The Bertz CT molecular complexity index is 2100. The van der Waals surface area contributed by atoms with Gasteiger partial charge in [0.2, 0.25) is 0 Å². The van der Waals surface area contributed by atoms with Gasteiger partial charge in [0.25, 0.3) is 0 Å². The second-order valence-corrected chi connectivity index (χ2v) is 11.8. The van der Waals surface area contributed by atoms with Crippen molar-refractivity contribution in [1.29, 1.82) is 0 Å². The molecule has 7 aromatic carbocycles. The molecule has 1 aliphatic carbocycles. The van der Waals surface area contributed by atoms with Crippen molar-refractivity contribution in [3.63, 3.8) is 0 Å². The smallest absolute Gasteiger partial charge is 0.0465 e. The molecule has 42 heavy (non-hydrogen) atoms. The molecule has 1 aliphatic rings. The largest absolute Gasteiger partial charge is 0.310 e. The normalized spacial score (nSPS) is 13.2. The van der Waals surface area contributed by atoms with Crippen LogP contribution in [0.3, 0.4) is 0 Å². The van der Waals surface area contributed by atoms with Crippen molar-refractivity contribution in [2.45, 2.75) is 19.3 Å². The molecule has 0 spiro atoms. The zero-order valence-electron chi connectivity index (χ0n) is 23.9. The average molecular weight is 538 g/mol. The van der Waals surface area contributed by atoms with Gasteiger partial charge in [-0.15, -0.1) is 0 Å². The number of para-hydroxylation sites is 1. The maximum Gasteiger partial charge on any atom is 0.0465 e. The molecule has 0 aromatic heterocycles. The van der Waals surface area contributed by atoms with Crippen LogP contribution in [0.4, 0.5) is 17.1 Å². The van der Waals surface area contributed by atoms with E-state index in [2.05, 4.69) is 170 Å². The van der Waals surface area contributed by atoms with Gasteiger partial charge in [-0.1, -0.05) is 123 Å². The van der Waals surface area contributed by atoms with Crippen LogP contribution in [0.25, 0.3) is 43.8 Å². The van der Waals surface area contributed by atoms with Gasteiger partial charge < -0.3 is 4.90 Å². The number of fused-ring (bicyclic) bond motifs is 6.